The molecule has 1 aromatic heterocycles. The summed E-state index contributed by atoms with van der Waals surface area (Å²) < 4.78 is 7.57. The maximum absolute atomic E-state index is 7.57. The van der Waals surface area contributed by atoms with E-state index in [1.165, 1.54) is 79.0 Å². The highest BCUT2D eigenvalue weighted by molar-refractivity contribution is 7.00. The molecule has 7 aromatic carbocycles. The van der Waals surface area contributed by atoms with Gasteiger partial charge in [0, 0.05) is 45.2 Å². The van der Waals surface area contributed by atoms with Gasteiger partial charge in [-0.1, -0.05) is 164 Å². The van der Waals surface area contributed by atoms with Gasteiger partial charge in [-0.2, -0.15) is 0 Å². The van der Waals surface area contributed by atoms with Gasteiger partial charge in [-0.15, -0.1) is 0 Å². The van der Waals surface area contributed by atoms with Crippen LogP contribution in [0.2, 0.25) is 0 Å². The summed E-state index contributed by atoms with van der Waals surface area (Å²) in [7, 11) is 0. The van der Waals surface area contributed by atoms with E-state index in [0.29, 0.717) is 0 Å². The van der Waals surface area contributed by atoms with Crippen LogP contribution < -0.4 is 31.3 Å². The van der Waals surface area contributed by atoms with Crippen molar-refractivity contribution in [2.45, 2.75) is 162 Å². The Bertz CT molecular complexity index is 3510. The Labute approximate surface area is 442 Å². The van der Waals surface area contributed by atoms with Gasteiger partial charge in [-0.05, 0) is 188 Å². The van der Waals surface area contributed by atoms with E-state index >= 15 is 0 Å². The van der Waals surface area contributed by atoms with Crippen LogP contribution in [0.15, 0.2) is 144 Å². The van der Waals surface area contributed by atoms with Crippen molar-refractivity contribution in [3.05, 3.63) is 178 Å². The highest BCUT2D eigenvalue weighted by Gasteiger charge is 2.50. The summed E-state index contributed by atoms with van der Waals surface area (Å²) >= 11 is 0. The van der Waals surface area contributed by atoms with Crippen LogP contribution in [0.5, 0.6) is 0 Å². The summed E-state index contributed by atoms with van der Waals surface area (Å²) in [5.74, 6) is 0. The molecule has 376 valence electrons. The Hall–Kier alpha value is -6.46. The maximum Gasteiger partial charge on any atom is 0.297 e. The average molecular weight is 974 g/mol. The number of furan rings is 1. The second-order valence-corrected chi connectivity index (χ2v) is 27.3. The van der Waals surface area contributed by atoms with E-state index < -0.39 is 0 Å². The van der Waals surface area contributed by atoms with Crippen LogP contribution in [0, 0.1) is 6.92 Å². The Morgan fingerprint density at radius 1 is 0.473 bits per heavy atom. The molecule has 0 saturated carbocycles. The van der Waals surface area contributed by atoms with Crippen LogP contribution in [-0.4, -0.2) is 6.71 Å². The highest BCUT2D eigenvalue weighted by Crippen LogP contribution is 2.55. The lowest BCUT2D eigenvalue weighted by Gasteiger charge is -2.48. The van der Waals surface area contributed by atoms with Crippen LogP contribution >= 0.6 is 0 Å². The topological polar surface area (TPSA) is 22.9 Å². The van der Waals surface area contributed by atoms with E-state index in [1.54, 1.807) is 0 Å². The molecule has 3 heterocycles. The van der Waals surface area contributed by atoms with Crippen LogP contribution in [0.3, 0.4) is 0 Å². The third-order valence-electron chi connectivity index (χ3n) is 18.2. The van der Waals surface area contributed by atoms with E-state index in [2.05, 4.69) is 258 Å². The van der Waals surface area contributed by atoms with Crippen LogP contribution in [0.1, 0.15) is 162 Å². The minimum Gasteiger partial charge on any atom is -0.468 e. The molecule has 4 nitrogen and oxygen atoms in total. The Morgan fingerprint density at radius 2 is 0.946 bits per heavy atom. The molecule has 0 N–H and O–H groups in total. The molecule has 0 amide bonds. The van der Waals surface area contributed by atoms with Gasteiger partial charge in [0.25, 0.3) is 6.71 Å². The SMILES string of the molecule is Cc1cc2c(cc1N1c3cc4c(cc3B3c5oc6ccc(C(C)(C)C)cc6c5N(c5ccc(C(C)(C)C)cc5)c5cc(N(c6ccccc6)c6ccccc6)cc1c53)C(C)(C)CCC4(C)C)C(C)(C)CCC2(C)C. The first-order chi connectivity index (χ1) is 34.8. The Kier molecular flexibility index (Phi) is 10.7. The number of anilines is 9. The molecule has 4 aliphatic rings. The van der Waals surface area contributed by atoms with Crippen molar-refractivity contribution in [3.63, 3.8) is 0 Å². The normalized spacial score (nSPS) is 17.8. The largest absolute Gasteiger partial charge is 0.468 e. The van der Waals surface area contributed by atoms with Gasteiger partial charge in [-0.25, -0.2) is 0 Å². The molecule has 12 rings (SSSR count). The van der Waals surface area contributed by atoms with Gasteiger partial charge in [0.05, 0.1) is 17.0 Å². The quantitative estimate of drug-likeness (QED) is 0.160. The molecule has 0 spiro atoms. The molecule has 0 saturated heterocycles. The van der Waals surface area contributed by atoms with E-state index in [0.717, 1.165) is 64.3 Å². The van der Waals surface area contributed by atoms with Gasteiger partial charge in [-0.3, -0.25) is 0 Å². The van der Waals surface area contributed by atoms with Gasteiger partial charge >= 0.3 is 0 Å². The zero-order chi connectivity index (χ0) is 52.2. The third kappa shape index (κ3) is 7.52. The number of hydrogen-bond acceptors (Lipinski definition) is 4. The molecule has 2 aliphatic carbocycles. The Balaban J connectivity index is 1.27. The minimum absolute atomic E-state index is 0.00525. The third-order valence-corrected chi connectivity index (χ3v) is 18.2. The number of rotatable bonds is 5. The molecule has 5 heteroatoms. The number of benzene rings is 7. The van der Waals surface area contributed by atoms with E-state index in [9.17, 15) is 0 Å². The molecule has 8 aromatic rings. The second kappa shape index (κ2) is 16.3. The van der Waals surface area contributed by atoms with Crippen molar-refractivity contribution in [3.8, 4) is 0 Å². The molecule has 2 aliphatic heterocycles. The number of fused-ring (bicyclic) bond motifs is 8. The smallest absolute Gasteiger partial charge is 0.297 e. The minimum atomic E-state index is -0.188. The molecule has 74 heavy (non-hydrogen) atoms. The predicted molar refractivity (Wildman–Crippen MR) is 318 cm³/mol. The van der Waals surface area contributed by atoms with Crippen molar-refractivity contribution >= 4 is 85.5 Å². The van der Waals surface area contributed by atoms with Crippen LogP contribution in [-0.2, 0) is 32.5 Å². The van der Waals surface area contributed by atoms with Crippen molar-refractivity contribution in [1.82, 2.24) is 0 Å². The summed E-state index contributed by atoms with van der Waals surface area (Å²) in [5, 5.41) is 1.15. The molecule has 0 radical (unpaired) electrons. The predicted octanol–water partition coefficient (Wildman–Crippen LogP) is 17.6. The van der Waals surface area contributed by atoms with Crippen molar-refractivity contribution in [2.24, 2.45) is 0 Å². The molecular formula is C69H76BN3O. The zero-order valence-corrected chi connectivity index (χ0v) is 46.9. The van der Waals surface area contributed by atoms with Gasteiger partial charge < -0.3 is 19.1 Å². The summed E-state index contributed by atoms with van der Waals surface area (Å²) in [6, 6.07) is 53.7. The lowest BCUT2D eigenvalue weighted by atomic mass is 9.35. The first kappa shape index (κ1) is 48.5. The van der Waals surface area contributed by atoms with E-state index in [1.807, 2.05) is 0 Å². The first-order valence-corrected chi connectivity index (χ1v) is 27.5. The standard InChI is InChI=1S/C69H76BN3O/c1-43-36-51-53(68(12,13)34-32-66(51,8)9)41-56(43)73-57-42-54-52(67(10,11)33-35-69(54,14)15)40-55(57)70-61-58(38-49(39-59(61)73)71(46-22-18-16-19-23-46)47-24-20-17-21-25-47)72(48-29-26-44(27-30-48)64(2,3)4)62-50-37-45(65(5,6)7)28-31-60(50)74-63(62)70/h16-31,36-42H,32-35H2,1-15H3. The van der Waals surface area contributed by atoms with Gasteiger partial charge in [0.1, 0.15) is 5.58 Å². The summed E-state index contributed by atoms with van der Waals surface area (Å²) in [4.78, 5) is 7.75. The monoisotopic (exact) mass is 974 g/mol. The molecule has 0 atom stereocenters. The van der Waals surface area contributed by atoms with Crippen molar-refractivity contribution in [1.29, 1.82) is 0 Å². The van der Waals surface area contributed by atoms with Crippen LogP contribution in [0.4, 0.5) is 51.2 Å². The number of para-hydroxylation sites is 2. The fourth-order valence-corrected chi connectivity index (χ4v) is 13.3. The first-order valence-electron chi connectivity index (χ1n) is 27.5. The van der Waals surface area contributed by atoms with E-state index in [4.69, 9.17) is 4.42 Å². The lowest BCUT2D eigenvalue weighted by molar-refractivity contribution is 0.331. The van der Waals surface area contributed by atoms with Gasteiger partial charge in [0.2, 0.25) is 0 Å². The maximum atomic E-state index is 7.57. The van der Waals surface area contributed by atoms with Crippen molar-refractivity contribution < 1.29 is 4.42 Å². The summed E-state index contributed by atoms with van der Waals surface area (Å²) in [6.45, 7) is 35.8. The molecular weight excluding hydrogens is 898 g/mol. The fourth-order valence-electron chi connectivity index (χ4n) is 13.3. The summed E-state index contributed by atoms with van der Waals surface area (Å²) in [5.41, 5.74) is 24.7. The number of hydrogen-bond donors (Lipinski definition) is 0. The summed E-state index contributed by atoms with van der Waals surface area (Å²) in [6.07, 6.45) is 4.59. The number of aryl methyl sites for hydroxylation is 1. The van der Waals surface area contributed by atoms with Crippen molar-refractivity contribution in [2.75, 3.05) is 14.7 Å². The molecule has 0 bridgehead atoms. The lowest BCUT2D eigenvalue weighted by Crippen LogP contribution is -2.61. The van der Waals surface area contributed by atoms with Crippen LogP contribution in [0.25, 0.3) is 11.0 Å². The Morgan fingerprint density at radius 3 is 1.47 bits per heavy atom. The second-order valence-electron chi connectivity index (χ2n) is 27.3. The van der Waals surface area contributed by atoms with Gasteiger partial charge in [0.15, 0.2) is 0 Å². The molecule has 0 unspecified atom stereocenters. The zero-order valence-electron chi connectivity index (χ0n) is 46.9. The van der Waals surface area contributed by atoms with E-state index in [-0.39, 0.29) is 39.2 Å². The average Bonchev–Trinajstić information content (AvgIpc) is 3.78. The molecule has 0 fully saturated rings. The highest BCUT2D eigenvalue weighted by atomic mass is 16.3. The number of nitrogens with zero attached hydrogens (tertiary/aromatic N) is 3. The fraction of sp³-hybridized carbons (Fsp3) is 0.362.